The van der Waals surface area contributed by atoms with Crippen LogP contribution in [0.4, 0.5) is 0 Å². The third-order valence-electron chi connectivity index (χ3n) is 3.51. The van der Waals surface area contributed by atoms with Gasteiger partial charge in [-0.3, -0.25) is 0 Å². The zero-order valence-electron chi connectivity index (χ0n) is 11.4. The molecule has 106 valence electrons. The largest absolute Gasteiger partial charge is 0.352 e. The molecule has 1 saturated heterocycles. The summed E-state index contributed by atoms with van der Waals surface area (Å²) in [6.45, 7) is 4.26. The highest BCUT2D eigenvalue weighted by Crippen LogP contribution is 2.33. The number of rotatable bonds is 3. The van der Waals surface area contributed by atoms with E-state index in [1.54, 1.807) is 13.2 Å². The van der Waals surface area contributed by atoms with E-state index in [0.29, 0.717) is 6.61 Å². The Morgan fingerprint density at radius 3 is 2.75 bits per heavy atom. The maximum absolute atomic E-state index is 5.97. The molecule has 20 heavy (non-hydrogen) atoms. The highest BCUT2D eigenvalue weighted by atomic mass is 16.7. The lowest BCUT2D eigenvalue weighted by molar-refractivity contribution is -0.282. The van der Waals surface area contributed by atoms with Gasteiger partial charge in [0.1, 0.15) is 12.2 Å². The maximum Gasteiger partial charge on any atom is 0.184 e. The third kappa shape index (κ3) is 2.55. The monoisotopic (exact) mass is 274 g/mol. The molecule has 1 aromatic carbocycles. The van der Waals surface area contributed by atoms with Crippen LogP contribution in [-0.2, 0) is 18.9 Å². The summed E-state index contributed by atoms with van der Waals surface area (Å²) in [5, 5.41) is 0. The summed E-state index contributed by atoms with van der Waals surface area (Å²) in [5.41, 5.74) is 1.90. The molecule has 0 N–H and O–H groups in total. The SMILES string of the molecule is C=CC1=C[C@@H]2OC(c3ccccc3)OC[C@H]2O[C@@H]1OC. The molecule has 4 atom stereocenters. The maximum atomic E-state index is 5.97. The van der Waals surface area contributed by atoms with Crippen molar-refractivity contribution in [3.8, 4) is 0 Å². The van der Waals surface area contributed by atoms with Gasteiger partial charge in [0.15, 0.2) is 12.6 Å². The zero-order valence-corrected chi connectivity index (χ0v) is 11.4. The van der Waals surface area contributed by atoms with E-state index < -0.39 is 6.29 Å². The molecule has 4 heteroatoms. The molecule has 0 amide bonds. The minimum absolute atomic E-state index is 0.145. The van der Waals surface area contributed by atoms with E-state index in [1.807, 2.05) is 36.4 Å². The number of fused-ring (bicyclic) bond motifs is 1. The molecule has 0 saturated carbocycles. The van der Waals surface area contributed by atoms with Crippen molar-refractivity contribution in [2.24, 2.45) is 0 Å². The van der Waals surface area contributed by atoms with Crippen molar-refractivity contribution in [1.82, 2.24) is 0 Å². The molecule has 0 aromatic heterocycles. The van der Waals surface area contributed by atoms with E-state index in [-0.39, 0.29) is 18.5 Å². The Kier molecular flexibility index (Phi) is 3.98. The molecule has 3 rings (SSSR count). The molecule has 1 fully saturated rings. The van der Waals surface area contributed by atoms with Crippen molar-refractivity contribution < 1.29 is 18.9 Å². The average Bonchev–Trinajstić information content (AvgIpc) is 2.53. The quantitative estimate of drug-likeness (QED) is 0.849. The normalized spacial score (nSPS) is 33.1. The summed E-state index contributed by atoms with van der Waals surface area (Å²) in [4.78, 5) is 0. The number of benzene rings is 1. The van der Waals surface area contributed by atoms with Gasteiger partial charge >= 0.3 is 0 Å². The van der Waals surface area contributed by atoms with E-state index in [0.717, 1.165) is 11.1 Å². The van der Waals surface area contributed by atoms with Crippen molar-refractivity contribution in [2.45, 2.75) is 24.8 Å². The van der Waals surface area contributed by atoms with Gasteiger partial charge in [0, 0.05) is 18.2 Å². The molecule has 4 nitrogen and oxygen atoms in total. The van der Waals surface area contributed by atoms with Crippen LogP contribution in [0.25, 0.3) is 0 Å². The number of methoxy groups -OCH3 is 1. The Labute approximate surface area is 118 Å². The Morgan fingerprint density at radius 2 is 2.05 bits per heavy atom. The first kappa shape index (κ1) is 13.5. The fourth-order valence-corrected chi connectivity index (χ4v) is 2.46. The van der Waals surface area contributed by atoms with Crippen LogP contribution in [-0.4, -0.2) is 32.2 Å². The Balaban J connectivity index is 1.78. The van der Waals surface area contributed by atoms with E-state index in [2.05, 4.69) is 6.58 Å². The van der Waals surface area contributed by atoms with Crippen LogP contribution in [0, 0.1) is 0 Å². The first-order valence-corrected chi connectivity index (χ1v) is 6.66. The second kappa shape index (κ2) is 5.89. The van der Waals surface area contributed by atoms with Crippen molar-refractivity contribution in [1.29, 1.82) is 0 Å². The summed E-state index contributed by atoms with van der Waals surface area (Å²) in [5.74, 6) is 0. The minimum atomic E-state index is -0.394. The predicted octanol–water partition coefficient (Wildman–Crippen LogP) is 2.58. The van der Waals surface area contributed by atoms with Gasteiger partial charge in [-0.25, -0.2) is 0 Å². The van der Waals surface area contributed by atoms with Crippen LogP contribution < -0.4 is 0 Å². The molecule has 2 heterocycles. The van der Waals surface area contributed by atoms with Gasteiger partial charge in [0.2, 0.25) is 0 Å². The van der Waals surface area contributed by atoms with Gasteiger partial charge in [-0.2, -0.15) is 0 Å². The fourth-order valence-electron chi connectivity index (χ4n) is 2.46. The molecule has 0 aliphatic carbocycles. The van der Waals surface area contributed by atoms with Gasteiger partial charge in [-0.05, 0) is 6.08 Å². The lowest BCUT2D eigenvalue weighted by atomic mass is 10.0. The van der Waals surface area contributed by atoms with Crippen LogP contribution in [0.2, 0.25) is 0 Å². The smallest absolute Gasteiger partial charge is 0.184 e. The van der Waals surface area contributed by atoms with Gasteiger partial charge in [0.05, 0.1) is 6.61 Å². The summed E-state index contributed by atoms with van der Waals surface area (Å²) < 4.78 is 22.8. The van der Waals surface area contributed by atoms with Crippen LogP contribution >= 0.6 is 0 Å². The zero-order chi connectivity index (χ0) is 13.9. The average molecular weight is 274 g/mol. The standard InChI is InChI=1S/C16H18O4/c1-3-11-9-13-14(20-15(11)17-2)10-18-16(19-13)12-7-5-4-6-8-12/h3-9,13-16H,1,10H2,2H3/t13-,14+,15-,16?/m0/s1. The lowest BCUT2D eigenvalue weighted by Gasteiger charge is -2.40. The fraction of sp³-hybridized carbons (Fsp3) is 0.375. The first-order chi connectivity index (χ1) is 9.81. The Morgan fingerprint density at radius 1 is 1.25 bits per heavy atom. The molecular formula is C16H18O4. The molecule has 0 spiro atoms. The van der Waals surface area contributed by atoms with Crippen LogP contribution in [0.15, 0.2) is 54.6 Å². The number of hydrogen-bond donors (Lipinski definition) is 0. The summed E-state index contributed by atoms with van der Waals surface area (Å²) >= 11 is 0. The van der Waals surface area contributed by atoms with Gasteiger partial charge in [-0.15, -0.1) is 0 Å². The molecule has 2 aliphatic heterocycles. The summed E-state index contributed by atoms with van der Waals surface area (Å²) in [7, 11) is 1.61. The predicted molar refractivity (Wildman–Crippen MR) is 74.0 cm³/mol. The topological polar surface area (TPSA) is 36.9 Å². The number of hydrogen-bond acceptors (Lipinski definition) is 4. The summed E-state index contributed by atoms with van der Waals surface area (Å²) in [6, 6.07) is 9.89. The summed E-state index contributed by atoms with van der Waals surface area (Å²) in [6.07, 6.45) is 2.70. The van der Waals surface area contributed by atoms with E-state index in [1.165, 1.54) is 0 Å². The Bertz CT molecular complexity index is 496. The van der Waals surface area contributed by atoms with Crippen LogP contribution in [0.5, 0.6) is 0 Å². The highest BCUT2D eigenvalue weighted by molar-refractivity contribution is 5.25. The molecule has 1 aromatic rings. The molecular weight excluding hydrogens is 256 g/mol. The highest BCUT2D eigenvalue weighted by Gasteiger charge is 2.37. The van der Waals surface area contributed by atoms with Crippen molar-refractivity contribution in [3.05, 3.63) is 60.2 Å². The lowest BCUT2D eigenvalue weighted by Crippen LogP contribution is -2.46. The minimum Gasteiger partial charge on any atom is -0.352 e. The van der Waals surface area contributed by atoms with Gasteiger partial charge in [-0.1, -0.05) is 43.0 Å². The molecule has 0 bridgehead atoms. The molecule has 1 unspecified atom stereocenters. The van der Waals surface area contributed by atoms with Crippen molar-refractivity contribution >= 4 is 0 Å². The van der Waals surface area contributed by atoms with E-state index in [9.17, 15) is 0 Å². The first-order valence-electron chi connectivity index (χ1n) is 6.66. The van der Waals surface area contributed by atoms with Crippen LogP contribution in [0.3, 0.4) is 0 Å². The second-order valence-corrected chi connectivity index (χ2v) is 4.79. The van der Waals surface area contributed by atoms with Gasteiger partial charge in [0.25, 0.3) is 0 Å². The Hall–Kier alpha value is -1.46. The third-order valence-corrected chi connectivity index (χ3v) is 3.51. The van der Waals surface area contributed by atoms with Crippen molar-refractivity contribution in [2.75, 3.05) is 13.7 Å². The second-order valence-electron chi connectivity index (χ2n) is 4.79. The molecule has 2 aliphatic rings. The number of ether oxygens (including phenoxy) is 4. The van der Waals surface area contributed by atoms with E-state index in [4.69, 9.17) is 18.9 Å². The van der Waals surface area contributed by atoms with Crippen LogP contribution in [0.1, 0.15) is 11.9 Å². The molecule has 0 radical (unpaired) electrons. The van der Waals surface area contributed by atoms with Crippen molar-refractivity contribution in [3.63, 3.8) is 0 Å². The van der Waals surface area contributed by atoms with Gasteiger partial charge < -0.3 is 18.9 Å². The van der Waals surface area contributed by atoms with E-state index >= 15 is 0 Å².